The fraction of sp³-hybridized carbons (Fsp3) is 0. The Labute approximate surface area is 117 Å². The van der Waals surface area contributed by atoms with Crippen molar-refractivity contribution in [2.75, 3.05) is 0 Å². The molecule has 0 bridgehead atoms. The van der Waals surface area contributed by atoms with Crippen LogP contribution in [0.25, 0.3) is 6.08 Å². The molecule has 0 heterocycles. The molecular formula is C8H7KO2S. The van der Waals surface area contributed by atoms with E-state index in [2.05, 4.69) is 6.58 Å². The summed E-state index contributed by atoms with van der Waals surface area (Å²) in [4.78, 5) is 0.301. The summed E-state index contributed by atoms with van der Waals surface area (Å²) in [6.07, 6.45) is 1.66. The van der Waals surface area contributed by atoms with E-state index in [1.54, 1.807) is 30.3 Å². The molecule has 0 aliphatic heterocycles. The van der Waals surface area contributed by atoms with Crippen molar-refractivity contribution >= 4 is 17.2 Å². The predicted molar refractivity (Wildman–Crippen MR) is 43.7 cm³/mol. The normalized spacial score (nSPS) is 11.4. The molecule has 0 aromatic heterocycles. The van der Waals surface area contributed by atoms with Crippen LogP contribution in [0.5, 0.6) is 0 Å². The summed E-state index contributed by atoms with van der Waals surface area (Å²) >= 11 is -2.12. The second-order valence-electron chi connectivity index (χ2n) is 2.01. The maximum Gasteiger partial charge on any atom is 1.00 e. The summed E-state index contributed by atoms with van der Waals surface area (Å²) in [6, 6.07) is 6.50. The smallest absolute Gasteiger partial charge is 0.768 e. The first-order valence-corrected chi connectivity index (χ1v) is 4.13. The molecule has 0 aliphatic carbocycles. The molecule has 1 aromatic carbocycles. The van der Waals surface area contributed by atoms with Crippen molar-refractivity contribution in [1.29, 1.82) is 0 Å². The molecule has 1 unspecified atom stereocenters. The number of benzene rings is 1. The van der Waals surface area contributed by atoms with E-state index in [0.717, 1.165) is 5.56 Å². The molecule has 0 N–H and O–H groups in total. The predicted octanol–water partition coefficient (Wildman–Crippen LogP) is -1.43. The minimum absolute atomic E-state index is 0. The van der Waals surface area contributed by atoms with Crippen LogP contribution in [0, 0.1) is 0 Å². The molecule has 2 nitrogen and oxygen atoms in total. The fourth-order valence-electron chi connectivity index (χ4n) is 0.715. The van der Waals surface area contributed by atoms with Gasteiger partial charge in [0, 0.05) is 4.90 Å². The van der Waals surface area contributed by atoms with E-state index >= 15 is 0 Å². The van der Waals surface area contributed by atoms with Gasteiger partial charge in [-0.3, -0.25) is 4.21 Å². The molecule has 0 radical (unpaired) electrons. The summed E-state index contributed by atoms with van der Waals surface area (Å²) in [5.74, 6) is 0. The quantitative estimate of drug-likeness (QED) is 0.440. The van der Waals surface area contributed by atoms with Gasteiger partial charge >= 0.3 is 51.4 Å². The zero-order valence-corrected chi connectivity index (χ0v) is 10.8. The van der Waals surface area contributed by atoms with Crippen LogP contribution in [0.3, 0.4) is 0 Å². The second-order valence-corrected chi connectivity index (χ2v) is 2.95. The van der Waals surface area contributed by atoms with Crippen LogP contribution in [-0.2, 0) is 11.1 Å². The van der Waals surface area contributed by atoms with E-state index in [0.29, 0.717) is 4.90 Å². The van der Waals surface area contributed by atoms with Gasteiger partial charge in [-0.15, -0.1) is 0 Å². The molecule has 0 amide bonds. The summed E-state index contributed by atoms with van der Waals surface area (Å²) in [7, 11) is 0. The molecule has 58 valence electrons. The van der Waals surface area contributed by atoms with Gasteiger partial charge in [-0.2, -0.15) is 0 Å². The van der Waals surface area contributed by atoms with Gasteiger partial charge in [-0.25, -0.2) is 0 Å². The minimum atomic E-state index is -2.12. The van der Waals surface area contributed by atoms with E-state index in [1.165, 1.54) is 0 Å². The third-order valence-electron chi connectivity index (χ3n) is 1.31. The zero-order chi connectivity index (χ0) is 8.27. The van der Waals surface area contributed by atoms with Crippen LogP contribution >= 0.6 is 0 Å². The first kappa shape index (κ1) is 12.7. The van der Waals surface area contributed by atoms with Gasteiger partial charge in [0.2, 0.25) is 0 Å². The van der Waals surface area contributed by atoms with Gasteiger partial charge in [0.25, 0.3) is 0 Å². The average molecular weight is 206 g/mol. The van der Waals surface area contributed by atoms with E-state index < -0.39 is 11.1 Å². The van der Waals surface area contributed by atoms with Crippen LogP contribution in [0.15, 0.2) is 35.7 Å². The van der Waals surface area contributed by atoms with Crippen molar-refractivity contribution in [3.63, 3.8) is 0 Å². The van der Waals surface area contributed by atoms with Crippen molar-refractivity contribution in [2.45, 2.75) is 4.90 Å². The van der Waals surface area contributed by atoms with Crippen molar-refractivity contribution in [1.82, 2.24) is 0 Å². The van der Waals surface area contributed by atoms with Crippen molar-refractivity contribution < 1.29 is 60.1 Å². The van der Waals surface area contributed by atoms with Crippen molar-refractivity contribution in [3.05, 3.63) is 36.4 Å². The van der Waals surface area contributed by atoms with Crippen LogP contribution in [0.4, 0.5) is 0 Å². The van der Waals surface area contributed by atoms with Gasteiger partial charge in [-0.1, -0.05) is 24.8 Å². The van der Waals surface area contributed by atoms with E-state index in [9.17, 15) is 8.76 Å². The van der Waals surface area contributed by atoms with Gasteiger partial charge in [0.05, 0.1) is 0 Å². The van der Waals surface area contributed by atoms with Crippen LogP contribution in [-0.4, -0.2) is 8.76 Å². The molecule has 1 atom stereocenters. The molecule has 4 heteroatoms. The molecule has 1 aromatic rings. The minimum Gasteiger partial charge on any atom is -0.768 e. The Kier molecular flexibility index (Phi) is 6.57. The molecule has 0 saturated carbocycles. The third kappa shape index (κ3) is 3.61. The maximum absolute atomic E-state index is 10.4. The maximum atomic E-state index is 10.4. The van der Waals surface area contributed by atoms with E-state index in [-0.39, 0.29) is 51.4 Å². The van der Waals surface area contributed by atoms with Gasteiger partial charge < -0.3 is 4.55 Å². The van der Waals surface area contributed by atoms with Crippen LogP contribution in [0.1, 0.15) is 5.56 Å². The van der Waals surface area contributed by atoms with Crippen molar-refractivity contribution in [2.24, 2.45) is 0 Å². The van der Waals surface area contributed by atoms with Crippen LogP contribution < -0.4 is 51.4 Å². The first-order chi connectivity index (χ1) is 5.24. The van der Waals surface area contributed by atoms with Gasteiger partial charge in [-0.05, 0) is 28.8 Å². The van der Waals surface area contributed by atoms with Crippen LogP contribution in [0.2, 0.25) is 0 Å². The summed E-state index contributed by atoms with van der Waals surface area (Å²) in [6.45, 7) is 3.55. The Hall–Kier alpha value is 0.706. The third-order valence-corrected chi connectivity index (χ3v) is 1.97. The largest absolute Gasteiger partial charge is 1.00 e. The van der Waals surface area contributed by atoms with E-state index in [1.807, 2.05) is 0 Å². The molecule has 0 saturated heterocycles. The summed E-state index contributed by atoms with van der Waals surface area (Å²) in [5, 5.41) is 0. The standard InChI is InChI=1S/C8H8O2S.K/c1-2-7-3-5-8(6-4-7)11(9)10;/h2-6H,1H2,(H,9,10);/q;+1/p-1. The Morgan fingerprint density at radius 3 is 2.17 bits per heavy atom. The molecule has 0 spiro atoms. The monoisotopic (exact) mass is 206 g/mol. The summed E-state index contributed by atoms with van der Waals surface area (Å²) in [5.41, 5.74) is 0.916. The SMILES string of the molecule is C=Cc1ccc(S(=O)[O-])cc1.[K+]. The Morgan fingerprint density at radius 2 is 1.83 bits per heavy atom. The van der Waals surface area contributed by atoms with Gasteiger partial charge in [0.1, 0.15) is 0 Å². The van der Waals surface area contributed by atoms with Crippen molar-refractivity contribution in [3.8, 4) is 0 Å². The van der Waals surface area contributed by atoms with Gasteiger partial charge in [0.15, 0.2) is 0 Å². The molecular weight excluding hydrogens is 199 g/mol. The molecule has 0 aliphatic rings. The number of hydrogen-bond donors (Lipinski definition) is 0. The Balaban J connectivity index is 0.00000121. The Morgan fingerprint density at radius 1 is 1.33 bits per heavy atom. The molecule has 12 heavy (non-hydrogen) atoms. The first-order valence-electron chi connectivity index (χ1n) is 3.06. The summed E-state index contributed by atoms with van der Waals surface area (Å²) < 4.78 is 20.7. The fourth-order valence-corrected chi connectivity index (χ4v) is 1.07. The second kappa shape index (κ2) is 6.20. The Bertz CT molecular complexity index is 282. The number of hydrogen-bond acceptors (Lipinski definition) is 2. The zero-order valence-electron chi connectivity index (χ0n) is 6.82. The molecule has 1 rings (SSSR count). The average Bonchev–Trinajstić information content (AvgIpc) is 2.05. The topological polar surface area (TPSA) is 40.1 Å². The number of rotatable bonds is 2. The molecule has 0 fully saturated rings. The van der Waals surface area contributed by atoms with E-state index in [4.69, 9.17) is 0 Å².